The number of rotatable bonds is 3. The molecule has 4 heteroatoms. The molecule has 1 aliphatic heterocycles. The highest BCUT2D eigenvalue weighted by molar-refractivity contribution is 5.92. The summed E-state index contributed by atoms with van der Waals surface area (Å²) in [5.41, 5.74) is 6.78. The summed E-state index contributed by atoms with van der Waals surface area (Å²) in [4.78, 5) is 14.0. The van der Waals surface area contributed by atoms with E-state index in [0.29, 0.717) is 5.92 Å². The molecule has 0 bridgehead atoms. The molecule has 1 heterocycles. The molecule has 0 aromatic carbocycles. The highest BCUT2D eigenvalue weighted by atomic mass is 35.5. The van der Waals surface area contributed by atoms with Crippen molar-refractivity contribution in [2.24, 2.45) is 11.7 Å². The Hall–Kier alpha value is -0.540. The number of halogens is 1. The summed E-state index contributed by atoms with van der Waals surface area (Å²) in [6.07, 6.45) is 5.15. The molecular formula is C13H25ClN2O. The second kappa shape index (κ2) is 7.72. The number of nitrogens with two attached hydrogens (primary N) is 1. The van der Waals surface area contributed by atoms with E-state index in [4.69, 9.17) is 5.73 Å². The van der Waals surface area contributed by atoms with Crippen molar-refractivity contribution in [2.75, 3.05) is 13.1 Å². The quantitative estimate of drug-likeness (QED) is 0.792. The van der Waals surface area contributed by atoms with Crippen LogP contribution in [-0.2, 0) is 4.79 Å². The van der Waals surface area contributed by atoms with Crippen molar-refractivity contribution in [1.82, 2.24) is 4.90 Å². The van der Waals surface area contributed by atoms with Crippen LogP contribution in [0.2, 0.25) is 0 Å². The number of nitrogens with zero attached hydrogens (tertiary/aromatic N) is 1. The van der Waals surface area contributed by atoms with Gasteiger partial charge in [0, 0.05) is 24.7 Å². The first kappa shape index (κ1) is 16.5. The Morgan fingerprint density at radius 3 is 2.76 bits per heavy atom. The molecule has 1 fully saturated rings. The smallest absolute Gasteiger partial charge is 0.249 e. The molecule has 2 atom stereocenters. The van der Waals surface area contributed by atoms with Gasteiger partial charge in [-0.2, -0.15) is 0 Å². The zero-order valence-electron chi connectivity index (χ0n) is 11.1. The van der Waals surface area contributed by atoms with Crippen molar-refractivity contribution in [3.8, 4) is 0 Å². The lowest BCUT2D eigenvalue weighted by Crippen LogP contribution is -2.45. The summed E-state index contributed by atoms with van der Waals surface area (Å²) in [5, 5.41) is 0. The predicted octanol–water partition coefficient (Wildman–Crippen LogP) is 2.35. The molecule has 2 unspecified atom stereocenters. The number of allylic oxidation sites excluding steroid dienone is 1. The largest absolute Gasteiger partial charge is 0.339 e. The summed E-state index contributed by atoms with van der Waals surface area (Å²) in [6.45, 7) is 7.70. The first-order valence-corrected chi connectivity index (χ1v) is 6.27. The predicted molar refractivity (Wildman–Crippen MR) is 74.2 cm³/mol. The molecule has 0 saturated carbocycles. The maximum absolute atomic E-state index is 12.1. The van der Waals surface area contributed by atoms with Crippen LogP contribution in [0.3, 0.4) is 0 Å². The molecule has 100 valence electrons. The second-order valence-electron chi connectivity index (χ2n) is 4.81. The van der Waals surface area contributed by atoms with Gasteiger partial charge in [-0.3, -0.25) is 4.79 Å². The molecule has 0 aromatic rings. The van der Waals surface area contributed by atoms with Gasteiger partial charge in [-0.1, -0.05) is 13.0 Å². The molecule has 3 nitrogen and oxygen atoms in total. The van der Waals surface area contributed by atoms with Gasteiger partial charge in [0.15, 0.2) is 0 Å². The minimum absolute atomic E-state index is 0. The lowest BCUT2D eigenvalue weighted by Gasteiger charge is -2.34. The van der Waals surface area contributed by atoms with Crippen LogP contribution >= 0.6 is 12.4 Å². The van der Waals surface area contributed by atoms with Crippen LogP contribution in [0.15, 0.2) is 11.6 Å². The normalized spacial score (nSPS) is 22.9. The number of carbonyl (C=O) groups excluding carboxylic acids is 1. The Balaban J connectivity index is 0.00000256. The highest BCUT2D eigenvalue weighted by Crippen LogP contribution is 2.20. The maximum Gasteiger partial charge on any atom is 0.249 e. The van der Waals surface area contributed by atoms with Crippen molar-refractivity contribution in [3.63, 3.8) is 0 Å². The number of hydrogen-bond donors (Lipinski definition) is 1. The fourth-order valence-electron chi connectivity index (χ4n) is 2.27. The first-order chi connectivity index (χ1) is 7.56. The zero-order chi connectivity index (χ0) is 12.1. The monoisotopic (exact) mass is 260 g/mol. The van der Waals surface area contributed by atoms with Gasteiger partial charge < -0.3 is 10.6 Å². The zero-order valence-corrected chi connectivity index (χ0v) is 11.9. The Morgan fingerprint density at radius 2 is 2.24 bits per heavy atom. The summed E-state index contributed by atoms with van der Waals surface area (Å²) in [6, 6.07) is 0.186. The Morgan fingerprint density at radius 1 is 1.59 bits per heavy atom. The molecule has 1 rings (SSSR count). The molecule has 0 aliphatic carbocycles. The average molecular weight is 261 g/mol. The van der Waals surface area contributed by atoms with Gasteiger partial charge in [0.1, 0.15) is 0 Å². The van der Waals surface area contributed by atoms with E-state index in [9.17, 15) is 4.79 Å². The first-order valence-electron chi connectivity index (χ1n) is 6.27. The van der Waals surface area contributed by atoms with Crippen molar-refractivity contribution >= 4 is 18.3 Å². The Labute approximate surface area is 111 Å². The molecule has 1 aliphatic rings. The third-order valence-corrected chi connectivity index (χ3v) is 3.34. The van der Waals surface area contributed by atoms with E-state index in [2.05, 4.69) is 6.92 Å². The topological polar surface area (TPSA) is 46.3 Å². The molecule has 0 spiro atoms. The van der Waals surface area contributed by atoms with E-state index in [1.807, 2.05) is 24.8 Å². The van der Waals surface area contributed by atoms with E-state index >= 15 is 0 Å². The number of likely N-dealkylation sites (tertiary alicyclic amines) is 1. The van der Waals surface area contributed by atoms with Crippen molar-refractivity contribution in [3.05, 3.63) is 11.6 Å². The van der Waals surface area contributed by atoms with Crippen LogP contribution in [0.4, 0.5) is 0 Å². The minimum atomic E-state index is 0. The van der Waals surface area contributed by atoms with Gasteiger partial charge in [0.25, 0.3) is 0 Å². The molecule has 1 saturated heterocycles. The molecule has 17 heavy (non-hydrogen) atoms. The van der Waals surface area contributed by atoms with E-state index in [1.165, 1.54) is 0 Å². The summed E-state index contributed by atoms with van der Waals surface area (Å²) < 4.78 is 0. The standard InChI is InChI=1S/C13H24N2O.ClH/c1-4-6-10(2)13(16)15-8-5-7-12(9-15)11(3)14;/h6,11-12H,4-5,7-9,14H2,1-3H3;1H. The van der Waals surface area contributed by atoms with Crippen LogP contribution in [-0.4, -0.2) is 29.9 Å². The minimum Gasteiger partial charge on any atom is -0.339 e. The van der Waals surface area contributed by atoms with E-state index in [0.717, 1.165) is 37.9 Å². The summed E-state index contributed by atoms with van der Waals surface area (Å²) in [5.74, 6) is 0.652. The van der Waals surface area contributed by atoms with Gasteiger partial charge in [-0.25, -0.2) is 0 Å². The Bertz CT molecular complexity index is 277. The van der Waals surface area contributed by atoms with Crippen LogP contribution in [0, 0.1) is 5.92 Å². The van der Waals surface area contributed by atoms with Crippen LogP contribution in [0.25, 0.3) is 0 Å². The molecule has 0 aromatic heterocycles. The van der Waals surface area contributed by atoms with Crippen molar-refractivity contribution in [1.29, 1.82) is 0 Å². The second-order valence-corrected chi connectivity index (χ2v) is 4.81. The van der Waals surface area contributed by atoms with E-state index < -0.39 is 0 Å². The average Bonchev–Trinajstić information content (AvgIpc) is 2.28. The van der Waals surface area contributed by atoms with Crippen molar-refractivity contribution < 1.29 is 4.79 Å². The van der Waals surface area contributed by atoms with Crippen LogP contribution in [0.5, 0.6) is 0 Å². The number of piperidine rings is 1. The lowest BCUT2D eigenvalue weighted by molar-refractivity contribution is -0.129. The lowest BCUT2D eigenvalue weighted by atomic mass is 9.92. The number of hydrogen-bond acceptors (Lipinski definition) is 2. The summed E-state index contributed by atoms with van der Waals surface area (Å²) in [7, 11) is 0. The van der Waals surface area contributed by atoms with Gasteiger partial charge in [0.2, 0.25) is 5.91 Å². The molecule has 2 N–H and O–H groups in total. The van der Waals surface area contributed by atoms with Crippen molar-refractivity contribution in [2.45, 2.75) is 46.1 Å². The third-order valence-electron chi connectivity index (χ3n) is 3.34. The SMILES string of the molecule is CCC=C(C)C(=O)N1CCCC(C(C)N)C1.Cl. The maximum atomic E-state index is 12.1. The number of carbonyl (C=O) groups is 1. The molecule has 1 amide bonds. The fourth-order valence-corrected chi connectivity index (χ4v) is 2.27. The highest BCUT2D eigenvalue weighted by Gasteiger charge is 2.25. The molecular weight excluding hydrogens is 236 g/mol. The van der Waals surface area contributed by atoms with Gasteiger partial charge >= 0.3 is 0 Å². The Kier molecular flexibility index (Phi) is 7.48. The van der Waals surface area contributed by atoms with Gasteiger partial charge in [-0.05, 0) is 39.0 Å². The third kappa shape index (κ3) is 4.68. The fraction of sp³-hybridized carbons (Fsp3) is 0.769. The van der Waals surface area contributed by atoms with Crippen LogP contribution < -0.4 is 5.73 Å². The number of amides is 1. The summed E-state index contributed by atoms with van der Waals surface area (Å²) >= 11 is 0. The molecule has 0 radical (unpaired) electrons. The van der Waals surface area contributed by atoms with E-state index in [1.54, 1.807) is 0 Å². The van der Waals surface area contributed by atoms with Gasteiger partial charge in [0.05, 0.1) is 0 Å². The van der Waals surface area contributed by atoms with E-state index in [-0.39, 0.29) is 24.4 Å². The van der Waals surface area contributed by atoms with Crippen LogP contribution in [0.1, 0.15) is 40.0 Å². The van der Waals surface area contributed by atoms with Gasteiger partial charge in [-0.15, -0.1) is 12.4 Å².